The van der Waals surface area contributed by atoms with Gasteiger partial charge in [-0.3, -0.25) is 9.10 Å². The molecule has 0 aromatic heterocycles. The topological polar surface area (TPSA) is 66.5 Å². The molecule has 1 aliphatic carbocycles. The van der Waals surface area contributed by atoms with Gasteiger partial charge in [-0.15, -0.1) is 0 Å². The van der Waals surface area contributed by atoms with Gasteiger partial charge in [0.05, 0.1) is 11.9 Å². The zero-order valence-corrected chi connectivity index (χ0v) is 17.5. The largest absolute Gasteiger partial charge is 0.353 e. The summed E-state index contributed by atoms with van der Waals surface area (Å²) < 4.78 is 26.0. The molecule has 1 atom stereocenters. The molecule has 0 saturated heterocycles. The fourth-order valence-electron chi connectivity index (χ4n) is 3.32. The summed E-state index contributed by atoms with van der Waals surface area (Å²) in [7, 11) is -3.56. The summed E-state index contributed by atoms with van der Waals surface area (Å²) in [5, 5.41) is 3.64. The molecule has 0 heterocycles. The molecule has 1 saturated carbocycles. The van der Waals surface area contributed by atoms with Crippen LogP contribution >= 0.6 is 11.8 Å². The maximum absolute atomic E-state index is 12.7. The Kier molecular flexibility index (Phi) is 7.83. The molecule has 1 aromatic carbocycles. The Morgan fingerprint density at radius 1 is 1.27 bits per heavy atom. The fraction of sp³-hybridized carbons (Fsp3) is 0.632. The molecule has 26 heavy (non-hydrogen) atoms. The molecule has 1 fully saturated rings. The molecule has 0 radical (unpaired) electrons. The second-order valence-corrected chi connectivity index (χ2v) is 10.2. The molecule has 0 spiro atoms. The highest BCUT2D eigenvalue weighted by molar-refractivity contribution is 7.99. The number of thioether (sulfide) groups is 1. The van der Waals surface area contributed by atoms with E-state index in [9.17, 15) is 13.2 Å². The molecule has 2 rings (SSSR count). The maximum Gasteiger partial charge on any atom is 0.243 e. The van der Waals surface area contributed by atoms with Gasteiger partial charge in [0.2, 0.25) is 15.9 Å². The van der Waals surface area contributed by atoms with Crippen LogP contribution in [-0.4, -0.2) is 44.2 Å². The number of rotatable bonds is 9. The number of amides is 1. The first-order valence-electron chi connectivity index (χ1n) is 9.28. The number of carbonyl (C=O) groups is 1. The molecule has 1 N–H and O–H groups in total. The number of nitrogens with one attached hydrogen (secondary N) is 1. The molecule has 7 heteroatoms. The van der Waals surface area contributed by atoms with E-state index in [-0.39, 0.29) is 5.91 Å². The van der Waals surface area contributed by atoms with Gasteiger partial charge in [0.1, 0.15) is 6.04 Å². The van der Waals surface area contributed by atoms with E-state index in [0.29, 0.717) is 23.9 Å². The minimum Gasteiger partial charge on any atom is -0.353 e. The third-order valence-electron chi connectivity index (χ3n) is 4.68. The lowest BCUT2D eigenvalue weighted by atomic mass is 10.1. The summed E-state index contributed by atoms with van der Waals surface area (Å²) in [5.74, 6) is 0.640. The van der Waals surface area contributed by atoms with Gasteiger partial charge in [-0.05, 0) is 38.3 Å². The Bertz CT molecular complexity index is 683. The van der Waals surface area contributed by atoms with E-state index in [2.05, 4.69) is 5.32 Å². The number of hydrogen-bond donors (Lipinski definition) is 1. The predicted octanol–water partition coefficient (Wildman–Crippen LogP) is 3.33. The van der Waals surface area contributed by atoms with Gasteiger partial charge in [-0.2, -0.15) is 11.8 Å². The van der Waals surface area contributed by atoms with Crippen LogP contribution < -0.4 is 9.62 Å². The molecular weight excluding hydrogens is 368 g/mol. The molecule has 1 aliphatic rings. The van der Waals surface area contributed by atoms with Crippen molar-refractivity contribution in [3.63, 3.8) is 0 Å². The van der Waals surface area contributed by atoms with Crippen molar-refractivity contribution in [3.8, 4) is 0 Å². The lowest BCUT2D eigenvalue weighted by molar-refractivity contribution is -0.122. The molecule has 0 aliphatic heterocycles. The van der Waals surface area contributed by atoms with Crippen molar-refractivity contribution >= 4 is 33.4 Å². The van der Waals surface area contributed by atoms with Gasteiger partial charge < -0.3 is 5.32 Å². The van der Waals surface area contributed by atoms with E-state index >= 15 is 0 Å². The van der Waals surface area contributed by atoms with Crippen LogP contribution in [0.5, 0.6) is 0 Å². The highest BCUT2D eigenvalue weighted by Gasteiger charge is 2.31. The lowest BCUT2D eigenvalue weighted by Gasteiger charge is -2.30. The second-order valence-electron chi connectivity index (χ2n) is 6.89. The maximum atomic E-state index is 12.7. The summed E-state index contributed by atoms with van der Waals surface area (Å²) in [6.45, 7) is 4.35. The van der Waals surface area contributed by atoms with Crippen LogP contribution in [0, 0.1) is 6.92 Å². The Labute approximate surface area is 162 Å². The van der Waals surface area contributed by atoms with Gasteiger partial charge in [0.15, 0.2) is 0 Å². The normalized spacial score (nSPS) is 16.4. The van der Waals surface area contributed by atoms with E-state index < -0.39 is 16.1 Å². The minimum absolute atomic E-state index is 0.231. The van der Waals surface area contributed by atoms with Crippen molar-refractivity contribution in [2.24, 2.45) is 0 Å². The van der Waals surface area contributed by atoms with E-state index in [1.165, 1.54) is 30.0 Å². The smallest absolute Gasteiger partial charge is 0.243 e. The summed E-state index contributed by atoms with van der Waals surface area (Å²) in [5.41, 5.74) is 1.57. The number of carbonyl (C=O) groups excluding carboxylic acids is 1. The quantitative estimate of drug-likeness (QED) is 0.648. The zero-order chi connectivity index (χ0) is 19.2. The van der Waals surface area contributed by atoms with Crippen molar-refractivity contribution in [1.82, 2.24) is 5.32 Å². The first-order chi connectivity index (χ1) is 12.3. The van der Waals surface area contributed by atoms with Crippen molar-refractivity contribution < 1.29 is 13.2 Å². The average Bonchev–Trinajstić information content (AvgIpc) is 3.10. The summed E-state index contributed by atoms with van der Waals surface area (Å²) in [4.78, 5) is 12.7. The molecule has 0 unspecified atom stereocenters. The van der Waals surface area contributed by atoms with Crippen LogP contribution in [0.2, 0.25) is 0 Å². The van der Waals surface area contributed by atoms with Crippen LogP contribution in [0.1, 0.15) is 44.6 Å². The number of benzene rings is 1. The molecule has 1 aromatic rings. The Morgan fingerprint density at radius 2 is 1.88 bits per heavy atom. The molecule has 146 valence electrons. The van der Waals surface area contributed by atoms with E-state index in [0.717, 1.165) is 17.6 Å². The number of anilines is 1. The first kappa shape index (κ1) is 21.1. The van der Waals surface area contributed by atoms with E-state index in [4.69, 9.17) is 0 Å². The lowest BCUT2D eigenvalue weighted by Crippen LogP contribution is -2.49. The first-order valence-corrected chi connectivity index (χ1v) is 12.2. The van der Waals surface area contributed by atoms with Crippen LogP contribution in [0.3, 0.4) is 0 Å². The molecule has 1 amide bonds. The van der Waals surface area contributed by atoms with Crippen LogP contribution in [0.4, 0.5) is 5.69 Å². The molecule has 5 nitrogen and oxygen atoms in total. The second kappa shape index (κ2) is 9.65. The predicted molar refractivity (Wildman–Crippen MR) is 110 cm³/mol. The summed E-state index contributed by atoms with van der Waals surface area (Å²) in [6, 6.07) is 6.49. The molecule has 0 bridgehead atoms. The summed E-state index contributed by atoms with van der Waals surface area (Å²) >= 11 is 1.91. The standard InChI is InChI=1S/C19H30N2O3S2/c1-4-18(19(22)20-13-14-25-17-7-5-6-8-17)21(26(3,23)24)16-11-9-15(2)10-12-16/h9-12,17-18H,4-8,13-14H2,1-3H3,(H,20,22)/t18-/m1/s1. The highest BCUT2D eigenvalue weighted by atomic mass is 32.2. The number of sulfonamides is 1. The van der Waals surface area contributed by atoms with Crippen molar-refractivity contribution in [3.05, 3.63) is 29.8 Å². The zero-order valence-electron chi connectivity index (χ0n) is 15.9. The van der Waals surface area contributed by atoms with Gasteiger partial charge in [0.25, 0.3) is 0 Å². The Morgan fingerprint density at radius 3 is 2.42 bits per heavy atom. The van der Waals surface area contributed by atoms with Crippen LogP contribution in [0.15, 0.2) is 24.3 Å². The number of aryl methyl sites for hydroxylation is 1. The van der Waals surface area contributed by atoms with Crippen LogP contribution in [0.25, 0.3) is 0 Å². The third-order valence-corrected chi connectivity index (χ3v) is 7.24. The average molecular weight is 399 g/mol. The van der Waals surface area contributed by atoms with Gasteiger partial charge in [-0.1, -0.05) is 37.5 Å². The monoisotopic (exact) mass is 398 g/mol. The summed E-state index contributed by atoms with van der Waals surface area (Å²) in [6.07, 6.45) is 6.72. The Hall–Kier alpha value is -1.21. The third kappa shape index (κ3) is 5.91. The van der Waals surface area contributed by atoms with Crippen LogP contribution in [-0.2, 0) is 14.8 Å². The number of hydrogen-bond acceptors (Lipinski definition) is 4. The van der Waals surface area contributed by atoms with Crippen molar-refractivity contribution in [1.29, 1.82) is 0 Å². The Balaban J connectivity index is 2.01. The van der Waals surface area contributed by atoms with Gasteiger partial charge in [0, 0.05) is 17.5 Å². The minimum atomic E-state index is -3.56. The van der Waals surface area contributed by atoms with Gasteiger partial charge >= 0.3 is 0 Å². The van der Waals surface area contributed by atoms with Gasteiger partial charge in [-0.25, -0.2) is 8.42 Å². The number of nitrogens with zero attached hydrogens (tertiary/aromatic N) is 1. The van der Waals surface area contributed by atoms with E-state index in [1.807, 2.05) is 37.7 Å². The fourth-order valence-corrected chi connectivity index (χ4v) is 5.76. The highest BCUT2D eigenvalue weighted by Crippen LogP contribution is 2.29. The van der Waals surface area contributed by atoms with Crippen molar-refractivity contribution in [2.45, 2.75) is 57.2 Å². The van der Waals surface area contributed by atoms with Crippen molar-refractivity contribution in [2.75, 3.05) is 22.9 Å². The SMILES string of the molecule is CC[C@H](C(=O)NCCSC1CCCC1)N(c1ccc(C)cc1)S(C)(=O)=O. The molecular formula is C19H30N2O3S2. The van der Waals surface area contributed by atoms with E-state index in [1.54, 1.807) is 12.1 Å².